The number of methoxy groups -OCH3 is 1. The molecule has 2 nitrogen and oxygen atoms in total. The molecule has 0 aromatic heterocycles. The molecule has 0 amide bonds. The Kier molecular flexibility index (Phi) is 7.92. The third-order valence-electron chi connectivity index (χ3n) is 3.57. The Morgan fingerprint density at radius 2 is 2.11 bits per heavy atom. The molecule has 0 aliphatic heterocycles. The Bertz CT molecular complexity index is 368. The molecule has 0 saturated carbocycles. The number of hydrogen-bond acceptors (Lipinski definition) is 2. The fraction of sp³-hybridized carbons (Fsp3) is 0.625. The molecule has 0 aliphatic carbocycles. The van der Waals surface area contributed by atoms with E-state index in [-0.39, 0.29) is 0 Å². The lowest BCUT2D eigenvalue weighted by molar-refractivity contribution is 0.398. The van der Waals surface area contributed by atoms with Crippen molar-refractivity contribution in [3.63, 3.8) is 0 Å². The van der Waals surface area contributed by atoms with Crippen LogP contribution in [0.15, 0.2) is 18.2 Å². The van der Waals surface area contributed by atoms with Gasteiger partial charge < -0.3 is 10.1 Å². The average molecular weight is 284 g/mol. The van der Waals surface area contributed by atoms with E-state index in [0.29, 0.717) is 0 Å². The van der Waals surface area contributed by atoms with Crippen molar-refractivity contribution < 1.29 is 4.74 Å². The van der Waals surface area contributed by atoms with Crippen molar-refractivity contribution in [1.82, 2.24) is 5.32 Å². The first-order valence-corrected chi connectivity index (χ1v) is 7.62. The smallest absolute Gasteiger partial charge is 0.124 e. The molecular weight excluding hydrogens is 258 g/mol. The lowest BCUT2D eigenvalue weighted by atomic mass is 9.99. The van der Waals surface area contributed by atoms with Gasteiger partial charge >= 0.3 is 0 Å². The van der Waals surface area contributed by atoms with E-state index >= 15 is 0 Å². The summed E-state index contributed by atoms with van der Waals surface area (Å²) in [5.41, 5.74) is 1.05. The molecule has 0 heterocycles. The van der Waals surface area contributed by atoms with Crippen LogP contribution in [0.3, 0.4) is 0 Å². The highest BCUT2D eigenvalue weighted by Gasteiger charge is 2.09. The largest absolute Gasteiger partial charge is 0.496 e. The van der Waals surface area contributed by atoms with Crippen molar-refractivity contribution in [2.45, 2.75) is 46.1 Å². The van der Waals surface area contributed by atoms with E-state index in [1.54, 1.807) is 7.11 Å². The van der Waals surface area contributed by atoms with Gasteiger partial charge in [-0.3, -0.25) is 0 Å². The third-order valence-corrected chi connectivity index (χ3v) is 3.93. The summed E-state index contributed by atoms with van der Waals surface area (Å²) in [4.78, 5) is 0. The third kappa shape index (κ3) is 5.42. The number of benzene rings is 1. The Morgan fingerprint density at radius 1 is 1.32 bits per heavy atom. The molecule has 3 heteroatoms. The van der Waals surface area contributed by atoms with Crippen LogP contribution in [0.4, 0.5) is 0 Å². The maximum Gasteiger partial charge on any atom is 0.124 e. The molecular formula is C16H26ClNO. The van der Waals surface area contributed by atoms with Crippen LogP contribution < -0.4 is 10.1 Å². The maximum atomic E-state index is 6.22. The van der Waals surface area contributed by atoms with Crippen LogP contribution in [0.1, 0.15) is 45.1 Å². The summed E-state index contributed by atoms with van der Waals surface area (Å²) >= 11 is 6.22. The Hall–Kier alpha value is -0.730. The first-order chi connectivity index (χ1) is 9.22. The van der Waals surface area contributed by atoms with Gasteiger partial charge in [0.05, 0.1) is 7.11 Å². The molecule has 0 fully saturated rings. The second kappa shape index (κ2) is 9.22. The molecule has 0 spiro atoms. The first kappa shape index (κ1) is 16.3. The van der Waals surface area contributed by atoms with Crippen LogP contribution in [0.25, 0.3) is 0 Å². The highest BCUT2D eigenvalue weighted by Crippen LogP contribution is 2.26. The molecule has 108 valence electrons. The van der Waals surface area contributed by atoms with Gasteiger partial charge in [0.25, 0.3) is 0 Å². The highest BCUT2D eigenvalue weighted by molar-refractivity contribution is 6.31. The topological polar surface area (TPSA) is 21.3 Å². The lowest BCUT2D eigenvalue weighted by Gasteiger charge is -2.16. The first-order valence-electron chi connectivity index (χ1n) is 7.24. The predicted octanol–water partition coefficient (Wildman–Crippen LogP) is 4.65. The van der Waals surface area contributed by atoms with Gasteiger partial charge in [-0.15, -0.1) is 0 Å². The SMILES string of the molecule is CCCCC(CC)CNCc1c(Cl)cccc1OC. The minimum absolute atomic E-state index is 0.758. The number of hydrogen-bond donors (Lipinski definition) is 1. The molecule has 0 radical (unpaired) electrons. The molecule has 1 unspecified atom stereocenters. The molecule has 1 rings (SSSR count). The van der Waals surface area contributed by atoms with Crippen molar-refractivity contribution >= 4 is 11.6 Å². The van der Waals surface area contributed by atoms with Gasteiger partial charge in [0, 0.05) is 17.1 Å². The quantitative estimate of drug-likeness (QED) is 0.712. The van der Waals surface area contributed by atoms with E-state index in [2.05, 4.69) is 19.2 Å². The van der Waals surface area contributed by atoms with Gasteiger partial charge in [-0.1, -0.05) is 50.8 Å². The zero-order valence-corrected chi connectivity index (χ0v) is 13.1. The van der Waals surface area contributed by atoms with Crippen molar-refractivity contribution in [3.8, 4) is 5.75 Å². The molecule has 0 saturated heterocycles. The molecule has 0 bridgehead atoms. The fourth-order valence-electron chi connectivity index (χ4n) is 2.25. The monoisotopic (exact) mass is 283 g/mol. The Balaban J connectivity index is 2.48. The maximum absolute atomic E-state index is 6.22. The Labute approximate surface area is 122 Å². The summed E-state index contributed by atoms with van der Waals surface area (Å²) in [6.07, 6.45) is 5.12. The minimum Gasteiger partial charge on any atom is -0.496 e. The standard InChI is InChI=1S/C16H26ClNO/c1-4-6-8-13(5-2)11-18-12-14-15(17)9-7-10-16(14)19-3/h7,9-10,13,18H,4-6,8,11-12H2,1-3H3. The van der Waals surface area contributed by atoms with Crippen LogP contribution in [-0.2, 0) is 6.54 Å². The summed E-state index contributed by atoms with van der Waals surface area (Å²) in [5.74, 6) is 1.62. The number of halogens is 1. The van der Waals surface area contributed by atoms with Gasteiger partial charge in [-0.25, -0.2) is 0 Å². The van der Waals surface area contributed by atoms with Crippen LogP contribution in [0, 0.1) is 5.92 Å². The van der Waals surface area contributed by atoms with Crippen LogP contribution >= 0.6 is 11.6 Å². The average Bonchev–Trinajstić information content (AvgIpc) is 2.43. The van der Waals surface area contributed by atoms with Gasteiger partial charge in [0.15, 0.2) is 0 Å². The summed E-state index contributed by atoms with van der Waals surface area (Å²) in [6, 6.07) is 5.79. The molecule has 1 aromatic rings. The van der Waals surface area contributed by atoms with Gasteiger partial charge in [0.2, 0.25) is 0 Å². The number of nitrogens with one attached hydrogen (secondary N) is 1. The van der Waals surface area contributed by atoms with Crippen molar-refractivity contribution in [3.05, 3.63) is 28.8 Å². The predicted molar refractivity (Wildman–Crippen MR) is 83.0 cm³/mol. The molecule has 1 atom stereocenters. The zero-order chi connectivity index (χ0) is 14.1. The van der Waals surface area contributed by atoms with Crippen molar-refractivity contribution in [1.29, 1.82) is 0 Å². The molecule has 1 aromatic carbocycles. The van der Waals surface area contributed by atoms with E-state index in [4.69, 9.17) is 16.3 Å². The van der Waals surface area contributed by atoms with Crippen molar-refractivity contribution in [2.75, 3.05) is 13.7 Å². The molecule has 1 N–H and O–H groups in total. The number of rotatable bonds is 9. The van der Waals surface area contributed by atoms with Crippen LogP contribution in [0.2, 0.25) is 5.02 Å². The second-order valence-electron chi connectivity index (χ2n) is 4.97. The van der Waals surface area contributed by atoms with E-state index in [1.165, 1.54) is 25.7 Å². The van der Waals surface area contributed by atoms with Gasteiger partial charge in [-0.2, -0.15) is 0 Å². The summed E-state index contributed by atoms with van der Waals surface area (Å²) < 4.78 is 5.35. The summed E-state index contributed by atoms with van der Waals surface area (Å²) in [6.45, 7) is 6.32. The summed E-state index contributed by atoms with van der Waals surface area (Å²) in [7, 11) is 1.69. The number of ether oxygens (including phenoxy) is 1. The van der Waals surface area contributed by atoms with Crippen LogP contribution in [-0.4, -0.2) is 13.7 Å². The van der Waals surface area contributed by atoms with E-state index in [0.717, 1.165) is 35.3 Å². The lowest BCUT2D eigenvalue weighted by Crippen LogP contribution is -2.22. The molecule has 0 aliphatic rings. The fourth-order valence-corrected chi connectivity index (χ4v) is 2.48. The second-order valence-corrected chi connectivity index (χ2v) is 5.38. The summed E-state index contributed by atoms with van der Waals surface area (Å²) in [5, 5.41) is 4.28. The van der Waals surface area contributed by atoms with E-state index < -0.39 is 0 Å². The van der Waals surface area contributed by atoms with E-state index in [9.17, 15) is 0 Å². The molecule has 19 heavy (non-hydrogen) atoms. The van der Waals surface area contributed by atoms with Crippen molar-refractivity contribution in [2.24, 2.45) is 5.92 Å². The zero-order valence-electron chi connectivity index (χ0n) is 12.3. The normalized spacial score (nSPS) is 12.4. The van der Waals surface area contributed by atoms with Gasteiger partial charge in [0.1, 0.15) is 5.75 Å². The van der Waals surface area contributed by atoms with Crippen LogP contribution in [0.5, 0.6) is 5.75 Å². The van der Waals surface area contributed by atoms with E-state index in [1.807, 2.05) is 18.2 Å². The number of unbranched alkanes of at least 4 members (excludes halogenated alkanes) is 1. The Morgan fingerprint density at radius 3 is 2.74 bits per heavy atom. The van der Waals surface area contributed by atoms with Gasteiger partial charge in [-0.05, 0) is 31.0 Å². The minimum atomic E-state index is 0.758. The highest BCUT2D eigenvalue weighted by atomic mass is 35.5.